The van der Waals surface area contributed by atoms with Crippen LogP contribution in [0, 0.1) is 11.8 Å². The number of aromatic amines is 1. The molecule has 8 heteroatoms. The molecule has 1 fully saturated rings. The number of para-hydroxylation sites is 1. The van der Waals surface area contributed by atoms with Gasteiger partial charge in [0.1, 0.15) is 12.4 Å². The number of nitrogens with zero attached hydrogens (tertiary/aromatic N) is 4. The first-order valence-corrected chi connectivity index (χ1v) is 12.8. The van der Waals surface area contributed by atoms with E-state index < -0.39 is 0 Å². The smallest absolute Gasteiger partial charge is 0.255 e. The summed E-state index contributed by atoms with van der Waals surface area (Å²) in [7, 11) is 2.08. The number of thiophene rings is 1. The van der Waals surface area contributed by atoms with E-state index >= 15 is 0 Å². The highest BCUT2D eigenvalue weighted by atomic mass is 32.1. The van der Waals surface area contributed by atoms with Gasteiger partial charge in [0, 0.05) is 60.9 Å². The van der Waals surface area contributed by atoms with E-state index in [1.165, 1.54) is 0 Å². The van der Waals surface area contributed by atoms with Gasteiger partial charge in [-0.05, 0) is 31.3 Å². The monoisotopic (exact) mass is 495 g/mol. The van der Waals surface area contributed by atoms with Gasteiger partial charge in [-0.15, -0.1) is 11.3 Å². The second kappa shape index (κ2) is 9.61. The number of likely N-dealkylation sites (N-methyl/N-ethyl adjacent to an activating group) is 1. The largest absolute Gasteiger partial charge is 0.481 e. The zero-order chi connectivity index (χ0) is 24.5. The summed E-state index contributed by atoms with van der Waals surface area (Å²) in [6.07, 6.45) is 2.41. The van der Waals surface area contributed by atoms with Crippen LogP contribution in [0.5, 0.6) is 5.75 Å². The SMILES string of the molecule is CN1CCN(C(=O)c2cnc3c(c2)-c2[nH]nc(-c4csc(C#CCOc5ccccc5)c4)c2C3)CC1. The highest BCUT2D eigenvalue weighted by Crippen LogP contribution is 2.40. The Hall–Kier alpha value is -3.93. The van der Waals surface area contributed by atoms with Gasteiger partial charge in [-0.25, -0.2) is 0 Å². The van der Waals surface area contributed by atoms with Crippen molar-refractivity contribution in [3.05, 3.63) is 75.7 Å². The Bertz CT molecular complexity index is 1470. The number of pyridine rings is 1. The molecule has 1 aromatic carbocycles. The third-order valence-electron chi connectivity index (χ3n) is 6.63. The molecule has 1 amide bonds. The molecule has 36 heavy (non-hydrogen) atoms. The van der Waals surface area contributed by atoms with E-state index in [1.807, 2.05) is 41.3 Å². The fourth-order valence-corrected chi connectivity index (χ4v) is 5.37. The molecule has 1 aliphatic carbocycles. The van der Waals surface area contributed by atoms with Gasteiger partial charge in [0.15, 0.2) is 0 Å². The fraction of sp³-hybridized carbons (Fsp3) is 0.250. The van der Waals surface area contributed by atoms with Crippen molar-refractivity contribution in [2.45, 2.75) is 6.42 Å². The van der Waals surface area contributed by atoms with E-state index in [1.54, 1.807) is 17.5 Å². The first kappa shape index (κ1) is 22.5. The van der Waals surface area contributed by atoms with Crippen LogP contribution >= 0.6 is 11.3 Å². The first-order valence-electron chi connectivity index (χ1n) is 12.0. The van der Waals surface area contributed by atoms with Crippen LogP contribution in [0.4, 0.5) is 0 Å². The van der Waals surface area contributed by atoms with Gasteiger partial charge in [0.05, 0.1) is 27.5 Å². The highest BCUT2D eigenvalue weighted by molar-refractivity contribution is 7.11. The zero-order valence-electron chi connectivity index (χ0n) is 20.0. The van der Waals surface area contributed by atoms with Gasteiger partial charge in [-0.3, -0.25) is 14.9 Å². The molecular formula is C28H25N5O2S. The summed E-state index contributed by atoms with van der Waals surface area (Å²) in [5, 5.41) is 9.89. The van der Waals surface area contributed by atoms with Crippen molar-refractivity contribution in [2.24, 2.45) is 0 Å². The minimum Gasteiger partial charge on any atom is -0.481 e. The molecule has 1 saturated heterocycles. The number of H-pyrrole nitrogens is 1. The Balaban J connectivity index is 1.17. The average molecular weight is 496 g/mol. The number of aromatic nitrogens is 3. The Morgan fingerprint density at radius 2 is 2.00 bits per heavy atom. The Labute approximate surface area is 213 Å². The molecule has 4 heterocycles. The third-order valence-corrected chi connectivity index (χ3v) is 7.47. The number of ether oxygens (including phenoxy) is 1. The van der Waals surface area contributed by atoms with Crippen LogP contribution in [-0.2, 0) is 6.42 Å². The first-order chi connectivity index (χ1) is 17.7. The predicted octanol–water partition coefficient (Wildman–Crippen LogP) is 3.92. The molecule has 6 rings (SSSR count). The van der Waals surface area contributed by atoms with Crippen LogP contribution < -0.4 is 4.74 Å². The topological polar surface area (TPSA) is 74.4 Å². The summed E-state index contributed by atoms with van der Waals surface area (Å²) < 4.78 is 5.65. The number of nitrogens with one attached hydrogen (secondary N) is 1. The van der Waals surface area contributed by atoms with Gasteiger partial charge in [-0.1, -0.05) is 30.0 Å². The van der Waals surface area contributed by atoms with Crippen LogP contribution in [-0.4, -0.2) is 70.7 Å². The van der Waals surface area contributed by atoms with E-state index in [9.17, 15) is 4.79 Å². The number of piperazine rings is 1. The Morgan fingerprint density at radius 3 is 2.83 bits per heavy atom. The fourth-order valence-electron chi connectivity index (χ4n) is 4.61. The molecule has 0 bridgehead atoms. The predicted molar refractivity (Wildman–Crippen MR) is 140 cm³/mol. The number of hydrogen-bond acceptors (Lipinski definition) is 6. The number of carbonyl (C=O) groups excluding carboxylic acids is 1. The molecule has 0 radical (unpaired) electrons. The normalized spacial score (nSPS) is 14.6. The highest BCUT2D eigenvalue weighted by Gasteiger charge is 2.29. The molecule has 4 aromatic rings. The van der Waals surface area contributed by atoms with E-state index in [0.717, 1.165) is 70.6 Å². The number of fused-ring (bicyclic) bond motifs is 3. The second-order valence-electron chi connectivity index (χ2n) is 9.02. The molecule has 3 aromatic heterocycles. The zero-order valence-corrected chi connectivity index (χ0v) is 20.8. The minimum atomic E-state index is 0.0453. The summed E-state index contributed by atoms with van der Waals surface area (Å²) in [6.45, 7) is 3.61. The molecule has 1 N–H and O–H groups in total. The molecule has 7 nitrogen and oxygen atoms in total. The van der Waals surface area contributed by atoms with Crippen molar-refractivity contribution in [3.8, 4) is 40.1 Å². The number of hydrogen-bond donors (Lipinski definition) is 1. The van der Waals surface area contributed by atoms with Gasteiger partial charge >= 0.3 is 0 Å². The van der Waals surface area contributed by atoms with Crippen molar-refractivity contribution < 1.29 is 9.53 Å². The van der Waals surface area contributed by atoms with Gasteiger partial charge in [0.25, 0.3) is 5.91 Å². The standard InChI is InChI=1S/C28H25N5O2S/c1-32-9-11-33(12-10-32)28(34)19-15-23-25(29-17-19)16-24-26(30-31-27(23)24)20-14-22(36-18-20)8-5-13-35-21-6-3-2-4-7-21/h2-4,6-7,14-15,17-18H,9-13,16H2,1H3,(H,30,31). The van der Waals surface area contributed by atoms with Crippen LogP contribution in [0.15, 0.2) is 54.0 Å². The van der Waals surface area contributed by atoms with E-state index in [4.69, 9.17) is 4.74 Å². The van der Waals surface area contributed by atoms with Crippen LogP contribution in [0.1, 0.15) is 26.5 Å². The lowest BCUT2D eigenvalue weighted by Gasteiger charge is -2.32. The summed E-state index contributed by atoms with van der Waals surface area (Å²) >= 11 is 1.59. The average Bonchev–Trinajstić information content (AvgIpc) is 3.62. The van der Waals surface area contributed by atoms with E-state index in [-0.39, 0.29) is 5.91 Å². The van der Waals surface area contributed by atoms with Crippen LogP contribution in [0.2, 0.25) is 0 Å². The number of rotatable bonds is 4. The molecular weight excluding hydrogens is 470 g/mol. The summed E-state index contributed by atoms with van der Waals surface area (Å²) in [5.41, 5.74) is 6.60. The second-order valence-corrected chi connectivity index (χ2v) is 9.93. The molecule has 0 saturated carbocycles. The quantitative estimate of drug-likeness (QED) is 0.383. The summed E-state index contributed by atoms with van der Waals surface area (Å²) in [4.78, 5) is 22.8. The van der Waals surface area contributed by atoms with Gasteiger partial charge < -0.3 is 14.5 Å². The van der Waals surface area contributed by atoms with E-state index in [0.29, 0.717) is 18.6 Å². The minimum absolute atomic E-state index is 0.0453. The molecule has 1 aliphatic heterocycles. The van der Waals surface area contributed by atoms with E-state index in [2.05, 4.69) is 50.4 Å². The molecule has 0 spiro atoms. The molecule has 0 atom stereocenters. The van der Waals surface area contributed by atoms with Crippen molar-refractivity contribution in [1.29, 1.82) is 0 Å². The third kappa shape index (κ3) is 4.39. The van der Waals surface area contributed by atoms with Gasteiger partial charge in [-0.2, -0.15) is 5.10 Å². The Kier molecular flexibility index (Phi) is 6.01. The van der Waals surface area contributed by atoms with Crippen molar-refractivity contribution in [3.63, 3.8) is 0 Å². The summed E-state index contributed by atoms with van der Waals surface area (Å²) in [6, 6.07) is 13.7. The van der Waals surface area contributed by atoms with Crippen molar-refractivity contribution in [1.82, 2.24) is 25.0 Å². The lowest BCUT2D eigenvalue weighted by molar-refractivity contribution is 0.0663. The number of carbonyl (C=O) groups is 1. The molecule has 180 valence electrons. The summed E-state index contributed by atoms with van der Waals surface area (Å²) in [5.74, 6) is 7.12. The lowest BCUT2D eigenvalue weighted by atomic mass is 10.1. The number of benzene rings is 1. The van der Waals surface area contributed by atoms with Crippen molar-refractivity contribution >= 4 is 17.2 Å². The molecule has 0 unspecified atom stereocenters. The molecule has 2 aliphatic rings. The number of amides is 1. The Morgan fingerprint density at radius 1 is 1.17 bits per heavy atom. The van der Waals surface area contributed by atoms with Crippen LogP contribution in [0.25, 0.3) is 22.5 Å². The van der Waals surface area contributed by atoms with Crippen molar-refractivity contribution in [2.75, 3.05) is 39.8 Å². The maximum Gasteiger partial charge on any atom is 0.255 e. The van der Waals surface area contributed by atoms with Crippen LogP contribution in [0.3, 0.4) is 0 Å². The maximum atomic E-state index is 13.1. The lowest BCUT2D eigenvalue weighted by Crippen LogP contribution is -2.47. The van der Waals surface area contributed by atoms with Gasteiger partial charge in [0.2, 0.25) is 0 Å². The maximum absolute atomic E-state index is 13.1.